The van der Waals surface area contributed by atoms with Crippen molar-refractivity contribution >= 4 is 27.1 Å². The number of carbonyl (C=O) groups excluding carboxylic acids is 1. The molecule has 164 valence electrons. The fourth-order valence-electron chi connectivity index (χ4n) is 4.15. The number of nitrogens with zero attached hydrogens (tertiary/aromatic N) is 6. The number of hydrogen-bond acceptors (Lipinski definition) is 8. The summed E-state index contributed by atoms with van der Waals surface area (Å²) in [6.45, 7) is 1.44. The molecule has 0 unspecified atom stereocenters. The molecule has 0 saturated carbocycles. The summed E-state index contributed by atoms with van der Waals surface area (Å²) in [6, 6.07) is 3.72. The Kier molecular flexibility index (Phi) is 4.77. The molecule has 1 saturated heterocycles. The van der Waals surface area contributed by atoms with Crippen molar-refractivity contribution < 1.29 is 13.2 Å². The maximum atomic E-state index is 12.4. The lowest BCUT2D eigenvalue weighted by Gasteiger charge is -2.24. The first-order valence-electron chi connectivity index (χ1n) is 10.2. The average molecular weight is 452 g/mol. The summed E-state index contributed by atoms with van der Waals surface area (Å²) < 4.78 is 27.0. The molecule has 10 nitrogen and oxygen atoms in total. The van der Waals surface area contributed by atoms with Crippen molar-refractivity contribution in [2.75, 3.05) is 17.2 Å². The van der Waals surface area contributed by atoms with Crippen LogP contribution >= 0.6 is 0 Å². The standard InChI is InChI=1S/C21H21N7O3S/c1-13(29)18-19(14-4-7-32(30,31)8-5-14)26-21-17(11-25-28(21)20(18)22)15-9-24-27(12-15)16-3-2-6-23-10-16/h2-3,6,9-12,14H,4-5,7-8,22H2,1H3. The molecule has 11 heteroatoms. The lowest BCUT2D eigenvalue weighted by molar-refractivity contribution is 0.101. The zero-order valence-corrected chi connectivity index (χ0v) is 18.2. The Bertz CT molecular complexity index is 1430. The van der Waals surface area contributed by atoms with E-state index >= 15 is 0 Å². The van der Waals surface area contributed by atoms with Gasteiger partial charge in [-0.05, 0) is 31.9 Å². The second kappa shape index (κ2) is 7.52. The van der Waals surface area contributed by atoms with Crippen molar-refractivity contribution in [2.45, 2.75) is 25.7 Å². The lowest BCUT2D eigenvalue weighted by Crippen LogP contribution is -2.25. The number of pyridine rings is 1. The largest absolute Gasteiger partial charge is 0.383 e. The first kappa shape index (κ1) is 20.3. The molecular formula is C21H21N7O3S. The second-order valence-electron chi connectivity index (χ2n) is 7.92. The first-order chi connectivity index (χ1) is 15.3. The van der Waals surface area contributed by atoms with Crippen molar-refractivity contribution in [3.05, 3.63) is 54.4 Å². The topological polar surface area (TPSA) is 138 Å². The molecule has 5 heterocycles. The summed E-state index contributed by atoms with van der Waals surface area (Å²) >= 11 is 0. The number of nitrogens with two attached hydrogens (primary N) is 1. The van der Waals surface area contributed by atoms with E-state index < -0.39 is 9.84 Å². The lowest BCUT2D eigenvalue weighted by atomic mass is 9.93. The predicted octanol–water partition coefficient (Wildman–Crippen LogP) is 2.05. The minimum atomic E-state index is -3.05. The normalized spacial score (nSPS) is 16.4. The number of anilines is 1. The van der Waals surface area contributed by atoms with E-state index in [4.69, 9.17) is 10.7 Å². The molecule has 32 heavy (non-hydrogen) atoms. The summed E-state index contributed by atoms with van der Waals surface area (Å²) in [5.74, 6) is -0.0263. The number of aromatic nitrogens is 6. The molecule has 4 aromatic heterocycles. The van der Waals surface area contributed by atoms with Gasteiger partial charge in [0.15, 0.2) is 11.4 Å². The molecule has 0 aliphatic carbocycles. The van der Waals surface area contributed by atoms with Crippen LogP contribution in [0.15, 0.2) is 43.1 Å². The van der Waals surface area contributed by atoms with E-state index in [9.17, 15) is 13.2 Å². The van der Waals surface area contributed by atoms with Gasteiger partial charge in [0.2, 0.25) is 0 Å². The van der Waals surface area contributed by atoms with E-state index in [-0.39, 0.29) is 29.0 Å². The number of fused-ring (bicyclic) bond motifs is 1. The Labute approximate surface area is 184 Å². The molecule has 1 aliphatic rings. The van der Waals surface area contributed by atoms with Crippen LogP contribution in [0.25, 0.3) is 22.5 Å². The number of sulfone groups is 1. The molecule has 0 atom stereocenters. The van der Waals surface area contributed by atoms with Crippen LogP contribution in [-0.2, 0) is 9.84 Å². The molecule has 1 fully saturated rings. The van der Waals surface area contributed by atoms with E-state index in [1.165, 1.54) is 11.4 Å². The SMILES string of the molecule is CC(=O)c1c(C2CCS(=O)(=O)CC2)nc2c(-c3cnn(-c4cccnc4)c3)cnn2c1N. The smallest absolute Gasteiger partial charge is 0.165 e. The van der Waals surface area contributed by atoms with E-state index in [1.807, 2.05) is 18.3 Å². The summed E-state index contributed by atoms with van der Waals surface area (Å²) in [5, 5.41) is 8.77. The van der Waals surface area contributed by atoms with Crippen LogP contribution in [0, 0.1) is 0 Å². The Morgan fingerprint density at radius 1 is 1.16 bits per heavy atom. The van der Waals surface area contributed by atoms with Gasteiger partial charge in [-0.2, -0.15) is 14.7 Å². The number of nitrogen functional groups attached to an aromatic ring is 1. The highest BCUT2D eigenvalue weighted by Gasteiger charge is 2.31. The van der Waals surface area contributed by atoms with Gasteiger partial charge in [0, 0.05) is 29.4 Å². The molecular weight excluding hydrogens is 430 g/mol. The molecule has 5 rings (SSSR count). The van der Waals surface area contributed by atoms with Crippen LogP contribution in [-0.4, -0.2) is 55.1 Å². The maximum Gasteiger partial charge on any atom is 0.165 e. The van der Waals surface area contributed by atoms with E-state index in [0.717, 1.165) is 11.3 Å². The first-order valence-corrected chi connectivity index (χ1v) is 12.0. The van der Waals surface area contributed by atoms with Crippen molar-refractivity contribution in [1.82, 2.24) is 29.4 Å². The number of Topliss-reactive ketones (excluding diaryl/α,β-unsaturated/α-hetero) is 1. The highest BCUT2D eigenvalue weighted by molar-refractivity contribution is 7.91. The highest BCUT2D eigenvalue weighted by atomic mass is 32.2. The number of carbonyl (C=O) groups is 1. The molecule has 0 bridgehead atoms. The summed E-state index contributed by atoms with van der Waals surface area (Å²) in [7, 11) is -3.05. The van der Waals surface area contributed by atoms with E-state index in [2.05, 4.69) is 15.2 Å². The monoisotopic (exact) mass is 451 g/mol. The van der Waals surface area contributed by atoms with Gasteiger partial charge in [-0.1, -0.05) is 0 Å². The maximum absolute atomic E-state index is 12.4. The molecule has 1 aliphatic heterocycles. The quantitative estimate of drug-likeness (QED) is 0.465. The Hall–Kier alpha value is -3.60. The summed E-state index contributed by atoms with van der Waals surface area (Å²) in [6.07, 6.45) is 9.41. The molecule has 2 N–H and O–H groups in total. The Balaban J connectivity index is 1.63. The second-order valence-corrected chi connectivity index (χ2v) is 10.2. The molecule has 4 aromatic rings. The molecule has 0 spiro atoms. The van der Waals surface area contributed by atoms with E-state index in [0.29, 0.717) is 35.3 Å². The fraction of sp³-hybridized carbons (Fsp3) is 0.286. The van der Waals surface area contributed by atoms with Crippen LogP contribution < -0.4 is 5.73 Å². The van der Waals surface area contributed by atoms with Crippen molar-refractivity contribution in [2.24, 2.45) is 0 Å². The minimum absolute atomic E-state index is 0.0752. The number of rotatable bonds is 4. The zero-order chi connectivity index (χ0) is 22.5. The summed E-state index contributed by atoms with van der Waals surface area (Å²) in [4.78, 5) is 21.4. The minimum Gasteiger partial charge on any atom is -0.383 e. The Morgan fingerprint density at radius 2 is 1.94 bits per heavy atom. The van der Waals surface area contributed by atoms with E-state index in [1.54, 1.807) is 29.5 Å². The third-order valence-corrected chi connectivity index (χ3v) is 7.52. The van der Waals surface area contributed by atoms with Crippen LogP contribution in [0.3, 0.4) is 0 Å². The van der Waals surface area contributed by atoms with Gasteiger partial charge in [-0.15, -0.1) is 0 Å². The van der Waals surface area contributed by atoms with Gasteiger partial charge in [0.05, 0.1) is 47.0 Å². The molecule has 0 aromatic carbocycles. The summed E-state index contributed by atoms with van der Waals surface area (Å²) in [5.41, 5.74) is 10.0. The highest BCUT2D eigenvalue weighted by Crippen LogP contribution is 2.35. The van der Waals surface area contributed by atoms with Gasteiger partial charge in [0.1, 0.15) is 15.7 Å². The van der Waals surface area contributed by atoms with Gasteiger partial charge in [-0.25, -0.2) is 18.1 Å². The number of hydrogen-bond donors (Lipinski definition) is 1. The van der Waals surface area contributed by atoms with Crippen molar-refractivity contribution in [3.8, 4) is 16.8 Å². The van der Waals surface area contributed by atoms with Gasteiger partial charge in [0.25, 0.3) is 0 Å². The molecule has 0 radical (unpaired) electrons. The third kappa shape index (κ3) is 3.44. The van der Waals surface area contributed by atoms with Crippen molar-refractivity contribution in [3.63, 3.8) is 0 Å². The van der Waals surface area contributed by atoms with Crippen LogP contribution in [0.4, 0.5) is 5.82 Å². The number of ketones is 1. The van der Waals surface area contributed by atoms with Crippen molar-refractivity contribution in [1.29, 1.82) is 0 Å². The fourth-order valence-corrected chi connectivity index (χ4v) is 5.64. The predicted molar refractivity (Wildman–Crippen MR) is 118 cm³/mol. The zero-order valence-electron chi connectivity index (χ0n) is 17.3. The van der Waals surface area contributed by atoms with Crippen LogP contribution in [0.5, 0.6) is 0 Å². The Morgan fingerprint density at radius 3 is 2.62 bits per heavy atom. The molecule has 0 amide bonds. The van der Waals surface area contributed by atoms with Crippen LogP contribution in [0.2, 0.25) is 0 Å². The third-order valence-electron chi connectivity index (χ3n) is 5.81. The van der Waals surface area contributed by atoms with Crippen LogP contribution in [0.1, 0.15) is 41.7 Å². The average Bonchev–Trinajstić information content (AvgIpc) is 3.41. The van der Waals surface area contributed by atoms with Gasteiger partial charge in [-0.3, -0.25) is 9.78 Å². The van der Waals surface area contributed by atoms with Gasteiger partial charge >= 0.3 is 0 Å². The van der Waals surface area contributed by atoms with Gasteiger partial charge < -0.3 is 5.73 Å².